The molecular weight excluding hydrogens is 701 g/mol. The van der Waals surface area contributed by atoms with Crippen LogP contribution < -0.4 is 0 Å². The highest BCUT2D eigenvalue weighted by atomic mass is 31.2. The second kappa shape index (κ2) is 37.1. The predicted molar refractivity (Wildman–Crippen MR) is 224 cm³/mol. The Labute approximate surface area is 425 Å². The molecule has 0 aromatic heterocycles. The topological polar surface area (TPSA) is 108 Å². The zero-order valence-electron chi connectivity index (χ0n) is 94.6. The highest BCUT2D eigenvalue weighted by Crippen LogP contribution is 2.43. The minimum absolute atomic E-state index is 0.0700. The van der Waals surface area contributed by atoms with E-state index in [-0.39, 0.29) is 11.0 Å². The molecule has 0 rings (SSSR count). The van der Waals surface area contributed by atoms with Crippen LogP contribution in [0.2, 0.25) is 0 Å². The van der Waals surface area contributed by atoms with Gasteiger partial charge in [-0.25, -0.2) is 4.57 Å². The molecule has 0 heterocycles. The number of allylic oxidation sites excluding steroid dienone is 4. The van der Waals surface area contributed by atoms with Crippen LogP contribution in [0.5, 0.6) is 0 Å². The molecule has 0 aliphatic carbocycles. The van der Waals surface area contributed by atoms with Crippen molar-refractivity contribution in [2.75, 3.05) is 47.5 Å². The number of quaternary nitrogens is 1. The SMILES string of the molecule is [2H]/C(=C(\[2H])C([2H])([2H])C([2H])([2H])C([2H])([2H])C([2H])([2H])C([2H])([2H])C([2H])([2H])C([2H])([2H])C([2H])([2H])[2H])C([2H])([2H])C([2H])([2H])C([2H])([2H])C([2H])([2H])C([2H])([2H])C([2H])([2H])C([2H])([2H])C(=O)OC[C@H](COP(=O)(O)OCC[N+](C)(C)C)OC(=O)C([2H])([2H])C([2H])([2H])C([2H])([2H])C([2H])([2H])C([2H])([2H])C([2H])([2H])C([2H])([2H])/C([2H])=C(/[2H])C([2H])([2H])C([2H])([2H])C([2H])([2H])C([2H])([2H])C([2H])([2H])C([2H])([2H])C([2H])([2H])C([2H])([2H])[2H]. The average molecular weight is 854 g/mol. The molecular formula is C44H85NO8P+. The minimum atomic E-state index is -5.70. The normalized spacial score (nSPS) is 40.5. The Morgan fingerprint density at radius 1 is 0.630 bits per heavy atom. The molecule has 54 heavy (non-hydrogen) atoms. The van der Waals surface area contributed by atoms with Gasteiger partial charge in [-0.15, -0.1) is 0 Å². The van der Waals surface area contributed by atoms with Gasteiger partial charge in [0.1, 0.15) is 19.8 Å². The number of ether oxygens (including phenoxy) is 2. The summed E-state index contributed by atoms with van der Waals surface area (Å²) < 4.78 is 575. The number of nitrogens with zero attached hydrogens (tertiary/aromatic N) is 1. The Morgan fingerprint density at radius 2 is 1.04 bits per heavy atom. The molecule has 0 aromatic rings. The fourth-order valence-corrected chi connectivity index (χ4v) is 2.86. The zero-order chi connectivity index (χ0) is 98.7. The number of phosphoric acid groups is 1. The summed E-state index contributed by atoms with van der Waals surface area (Å²) in [6.45, 7) is -13.7. The summed E-state index contributed by atoms with van der Waals surface area (Å²) in [6.07, 6.45) is -146. The Balaban J connectivity index is 8.31. The van der Waals surface area contributed by atoms with E-state index in [0.29, 0.717) is 0 Å². The number of carbonyl (C=O) groups is 2. The summed E-state index contributed by atoms with van der Waals surface area (Å²) in [7, 11) is -1.29. The van der Waals surface area contributed by atoms with E-state index < -0.39 is 262 Å². The fraction of sp³-hybridized carbons (Fsp3) is 0.864. The Morgan fingerprint density at radius 3 is 1.48 bits per heavy atom. The van der Waals surface area contributed by atoms with Crippen molar-refractivity contribution in [2.45, 2.75) is 198 Å². The van der Waals surface area contributed by atoms with Crippen LogP contribution >= 0.6 is 7.82 Å². The van der Waals surface area contributed by atoms with Crippen LogP contribution in [0.4, 0.5) is 0 Å². The van der Waals surface area contributed by atoms with Crippen LogP contribution in [0.3, 0.4) is 0 Å². The van der Waals surface area contributed by atoms with Gasteiger partial charge in [0, 0.05) is 97.7 Å². The zero-order valence-corrected chi connectivity index (χ0v) is 29.5. The number of phosphoric ester groups is 1. The number of hydrogen-bond donors (Lipinski definition) is 1. The van der Waals surface area contributed by atoms with Crippen molar-refractivity contribution >= 4 is 19.8 Å². The Hall–Kier alpha value is -1.51. The van der Waals surface area contributed by atoms with E-state index in [0.717, 1.165) is 0 Å². The molecule has 0 aliphatic heterocycles. The van der Waals surface area contributed by atoms with E-state index >= 15 is 0 Å². The van der Waals surface area contributed by atoms with E-state index in [4.69, 9.17) is 95.0 Å². The van der Waals surface area contributed by atoms with Gasteiger partial charge in [-0.1, -0.05) is 140 Å². The molecule has 0 radical (unpaired) electrons. The quantitative estimate of drug-likeness (QED) is 0.0281. The maximum atomic E-state index is 14.0. The monoisotopic (exact) mass is 853 g/mol. The lowest BCUT2D eigenvalue weighted by Gasteiger charge is -2.24. The number of rotatable bonds is 40. The maximum absolute atomic E-state index is 14.0. The van der Waals surface area contributed by atoms with Gasteiger partial charge in [0.05, 0.1) is 33.2 Å². The van der Waals surface area contributed by atoms with Crippen LogP contribution in [0.15, 0.2) is 24.2 Å². The van der Waals surface area contributed by atoms with Crippen LogP contribution in [-0.2, 0) is 32.7 Å². The number of esters is 2. The first kappa shape index (κ1) is 10.1. The lowest BCUT2D eigenvalue weighted by molar-refractivity contribution is -0.870. The molecule has 0 saturated heterocycles. The van der Waals surface area contributed by atoms with Crippen molar-refractivity contribution in [2.24, 2.45) is 0 Å². The van der Waals surface area contributed by atoms with Gasteiger partial charge in [-0.05, 0) is 63.7 Å². The minimum Gasteiger partial charge on any atom is -0.462 e. The van der Waals surface area contributed by atoms with Crippen LogP contribution in [-0.4, -0.2) is 74.9 Å². The molecule has 1 unspecified atom stereocenters. The van der Waals surface area contributed by atoms with Crippen molar-refractivity contribution < 1.29 is 133 Å². The van der Waals surface area contributed by atoms with Crippen molar-refractivity contribution in [1.82, 2.24) is 0 Å². The summed E-state index contributed by atoms with van der Waals surface area (Å²) in [4.78, 5) is 38.3. The summed E-state index contributed by atoms with van der Waals surface area (Å²) >= 11 is 0. The highest BCUT2D eigenvalue weighted by molar-refractivity contribution is 7.47. The molecule has 9 nitrogen and oxygen atoms in total. The van der Waals surface area contributed by atoms with Crippen molar-refractivity contribution in [3.05, 3.63) is 24.2 Å². The first-order valence-corrected chi connectivity index (χ1v) is 15.6. The lowest BCUT2D eigenvalue weighted by atomic mass is 10.1. The molecule has 0 saturated carbocycles. The van der Waals surface area contributed by atoms with Gasteiger partial charge in [0.25, 0.3) is 0 Å². The summed E-state index contributed by atoms with van der Waals surface area (Å²) in [6, 6.07) is -11.2. The van der Waals surface area contributed by atoms with Gasteiger partial charge in [-0.2, -0.15) is 0 Å². The molecule has 0 bridgehead atoms. The van der Waals surface area contributed by atoms with E-state index in [9.17, 15) is 19.0 Å². The van der Waals surface area contributed by atoms with E-state index in [1.807, 2.05) is 0 Å². The third-order valence-electron chi connectivity index (χ3n) is 4.19. The first-order valence-electron chi connectivity index (χ1n) is 47.1. The van der Waals surface area contributed by atoms with E-state index in [1.165, 1.54) is 21.1 Å². The largest absolute Gasteiger partial charge is 0.472 e. The van der Waals surface area contributed by atoms with Gasteiger partial charge in [-0.3, -0.25) is 18.6 Å². The molecule has 318 valence electrons. The maximum Gasteiger partial charge on any atom is 0.472 e. The Bertz CT molecular complexity index is 3810. The van der Waals surface area contributed by atoms with Gasteiger partial charge < -0.3 is 18.9 Å². The molecule has 10 heteroatoms. The molecule has 0 amide bonds. The molecule has 0 aliphatic rings. The number of carbonyl (C=O) groups excluding carboxylic acids is 2. The summed E-state index contributed by atoms with van der Waals surface area (Å²) in [5, 5.41) is 0. The van der Waals surface area contributed by atoms with Crippen LogP contribution in [0, 0.1) is 0 Å². The lowest BCUT2D eigenvalue weighted by Crippen LogP contribution is -2.37. The third-order valence-corrected chi connectivity index (χ3v) is 5.18. The standard InChI is InChI=1S/C44H84NO8P/c1-6-8-10-12-14-16-18-20-22-24-26-28-30-32-34-36-43(46)50-40-42(41-52-54(48,49)51-39-38-45(3,4)5)53-44(47)37-35-33-31-29-27-25-23-21-19-17-15-13-11-9-7-2/h20-23,42H,6-19,24-41H2,1-5H3/p+1/b22-20-,23-21-/t42-/m1/s1/i1D3,2D3,6D2,7D2,8D2,9D2,10D2,11D2,12D2,13D2,14D2,15D2,16D2,17D2,18D2,19D2,20D,21D,22D,23D,24D2,25D2,26D2,27D2,28D2,29D2,30D2,31D2,32D2,33D2,34D2,35D2,36D2,37D2. The molecule has 1 N–H and O–H groups in total. The van der Waals surface area contributed by atoms with Gasteiger partial charge in [0.2, 0.25) is 0 Å². The van der Waals surface area contributed by atoms with E-state index in [2.05, 4.69) is 14.0 Å². The Kier molecular flexibility index (Phi) is 6.92. The molecule has 2 atom stereocenters. The van der Waals surface area contributed by atoms with Crippen molar-refractivity contribution in [3.8, 4) is 0 Å². The number of likely N-dealkylation sites (N-methyl/N-ethyl adjacent to an activating group) is 1. The second-order valence-electron chi connectivity index (χ2n) is 9.24. The van der Waals surface area contributed by atoms with Crippen molar-refractivity contribution in [1.29, 1.82) is 0 Å². The van der Waals surface area contributed by atoms with Crippen LogP contribution in [0.25, 0.3) is 0 Å². The second-order valence-corrected chi connectivity index (χ2v) is 10.7. The van der Waals surface area contributed by atoms with Gasteiger partial charge >= 0.3 is 19.8 Å². The summed E-state index contributed by atoms with van der Waals surface area (Å²) in [5.41, 5.74) is 0. The molecule has 0 aromatic carbocycles. The van der Waals surface area contributed by atoms with Gasteiger partial charge in [0.15, 0.2) is 6.10 Å². The number of hydrogen-bond acceptors (Lipinski definition) is 7. The fourth-order valence-electron chi connectivity index (χ4n) is 2.12. The molecule has 0 spiro atoms. The molecule has 0 fully saturated rings. The highest BCUT2D eigenvalue weighted by Gasteiger charge is 2.27. The third kappa shape index (κ3) is 40.2. The first-order chi connectivity index (χ1) is 51.0. The summed E-state index contributed by atoms with van der Waals surface area (Å²) in [5.74, 6) is -6.12. The average Bonchev–Trinajstić information content (AvgIpc) is 0.702. The smallest absolute Gasteiger partial charge is 0.462 e. The van der Waals surface area contributed by atoms with E-state index in [1.54, 1.807) is 0 Å². The van der Waals surface area contributed by atoms with Crippen LogP contribution in [0.1, 0.15) is 283 Å². The van der Waals surface area contributed by atoms with Crippen molar-refractivity contribution in [3.63, 3.8) is 0 Å². The predicted octanol–water partition coefficient (Wildman–Crippen LogP) is 12.4.